The second-order valence-corrected chi connectivity index (χ2v) is 5.98. The minimum absolute atomic E-state index is 0.189. The third-order valence-electron chi connectivity index (χ3n) is 2.68. The van der Waals surface area contributed by atoms with E-state index in [1.807, 2.05) is 6.92 Å². The highest BCUT2D eigenvalue weighted by atomic mass is 32.2. The fraction of sp³-hybridized carbons (Fsp3) is 1.00. The van der Waals surface area contributed by atoms with Crippen LogP contribution in [0.3, 0.4) is 0 Å². The van der Waals surface area contributed by atoms with Gasteiger partial charge in [-0.25, -0.2) is 8.42 Å². The summed E-state index contributed by atoms with van der Waals surface area (Å²) < 4.78 is 22.1. The van der Waals surface area contributed by atoms with Crippen LogP contribution in [0.2, 0.25) is 0 Å². The van der Waals surface area contributed by atoms with Crippen LogP contribution in [0.25, 0.3) is 0 Å². The molecule has 1 aliphatic rings. The maximum absolute atomic E-state index is 11.1. The lowest BCUT2D eigenvalue weighted by Crippen LogP contribution is -2.47. The van der Waals surface area contributed by atoms with Gasteiger partial charge >= 0.3 is 0 Å². The first-order valence-corrected chi connectivity index (χ1v) is 5.81. The van der Waals surface area contributed by atoms with Crippen molar-refractivity contribution < 1.29 is 13.6 Å². The molecule has 0 aromatic carbocycles. The van der Waals surface area contributed by atoms with Crippen molar-refractivity contribution in [1.82, 2.24) is 5.06 Å². The minimum atomic E-state index is -2.83. The number of hydrogen-bond donors (Lipinski definition) is 1. The second kappa shape index (κ2) is 2.97. The molecule has 0 aliphatic carbocycles. The molecule has 0 bridgehead atoms. The first-order chi connectivity index (χ1) is 5.36. The van der Waals surface area contributed by atoms with Gasteiger partial charge in [-0.2, -0.15) is 5.06 Å². The Morgan fingerprint density at radius 2 is 1.75 bits per heavy atom. The van der Waals surface area contributed by atoms with Crippen molar-refractivity contribution >= 4 is 9.84 Å². The Hall–Kier alpha value is -0.130. The summed E-state index contributed by atoms with van der Waals surface area (Å²) in [5.41, 5.74) is -0.356. The summed E-state index contributed by atoms with van der Waals surface area (Å²) in [5.74, 6) is 0.378. The highest BCUT2D eigenvalue weighted by Gasteiger charge is 2.35. The van der Waals surface area contributed by atoms with Gasteiger partial charge in [-0.05, 0) is 19.8 Å². The molecule has 4 nitrogen and oxygen atoms in total. The lowest BCUT2D eigenvalue weighted by atomic mass is 9.95. The van der Waals surface area contributed by atoms with Crippen LogP contribution in [0.1, 0.15) is 19.8 Å². The van der Waals surface area contributed by atoms with Crippen molar-refractivity contribution in [1.29, 1.82) is 0 Å². The molecule has 0 aromatic rings. The molecule has 5 heteroatoms. The molecule has 1 saturated heterocycles. The molecular weight excluding hydrogens is 178 g/mol. The first-order valence-electron chi connectivity index (χ1n) is 3.99. The molecule has 1 aliphatic heterocycles. The molecule has 0 spiro atoms. The Morgan fingerprint density at radius 3 is 2.08 bits per heavy atom. The molecular formula is C7H15NO3S. The molecule has 0 aromatic heterocycles. The summed E-state index contributed by atoms with van der Waals surface area (Å²) >= 11 is 0. The molecule has 0 radical (unpaired) electrons. The molecule has 1 fully saturated rings. The Labute approximate surface area is 73.1 Å². The zero-order chi connectivity index (χ0) is 9.41. The van der Waals surface area contributed by atoms with Gasteiger partial charge in [0.05, 0.1) is 11.5 Å². The quantitative estimate of drug-likeness (QED) is 0.607. The highest BCUT2D eigenvalue weighted by molar-refractivity contribution is 7.91. The second-order valence-electron chi connectivity index (χ2n) is 3.67. The summed E-state index contributed by atoms with van der Waals surface area (Å²) in [6.07, 6.45) is 1.03. The molecule has 0 unspecified atom stereocenters. The standard InChI is InChI=1S/C7H15NO3S/c1-7(8(2)9)3-5-12(10,11)6-4-7/h9H,3-6H2,1-2H3. The molecule has 12 heavy (non-hydrogen) atoms. The Bertz CT molecular complexity index is 244. The number of hydroxylamine groups is 2. The molecule has 0 atom stereocenters. The number of rotatable bonds is 1. The third-order valence-corrected chi connectivity index (χ3v) is 4.34. The average Bonchev–Trinajstić information content (AvgIpc) is 1.96. The average molecular weight is 193 g/mol. The van der Waals surface area contributed by atoms with Crippen LogP contribution in [0.15, 0.2) is 0 Å². The van der Waals surface area contributed by atoms with E-state index in [9.17, 15) is 13.6 Å². The number of nitrogens with zero attached hydrogens (tertiary/aromatic N) is 1. The van der Waals surface area contributed by atoms with Crippen LogP contribution in [0.5, 0.6) is 0 Å². The fourth-order valence-electron chi connectivity index (χ4n) is 1.30. The van der Waals surface area contributed by atoms with Crippen molar-refractivity contribution in [2.24, 2.45) is 0 Å². The predicted molar refractivity (Wildman–Crippen MR) is 45.8 cm³/mol. The van der Waals surface area contributed by atoms with Crippen LogP contribution in [-0.2, 0) is 9.84 Å². The van der Waals surface area contributed by atoms with Crippen molar-refractivity contribution in [3.8, 4) is 0 Å². The van der Waals surface area contributed by atoms with Gasteiger partial charge in [0.2, 0.25) is 0 Å². The molecule has 1 rings (SSSR count). The van der Waals surface area contributed by atoms with Gasteiger partial charge in [0, 0.05) is 12.6 Å². The Morgan fingerprint density at radius 1 is 1.33 bits per heavy atom. The van der Waals surface area contributed by atoms with Gasteiger partial charge in [-0.3, -0.25) is 0 Å². The predicted octanol–water partition coefficient (Wildman–Crippen LogP) is 0.275. The van der Waals surface area contributed by atoms with Gasteiger partial charge in [-0.15, -0.1) is 0 Å². The van der Waals surface area contributed by atoms with Crippen molar-refractivity contribution in [3.63, 3.8) is 0 Å². The van der Waals surface area contributed by atoms with Crippen LogP contribution < -0.4 is 0 Å². The maximum Gasteiger partial charge on any atom is 0.150 e. The Kier molecular flexibility index (Phi) is 2.47. The van der Waals surface area contributed by atoms with Gasteiger partial charge < -0.3 is 5.21 Å². The molecule has 1 N–H and O–H groups in total. The molecule has 0 amide bonds. The van der Waals surface area contributed by atoms with Gasteiger partial charge in [-0.1, -0.05) is 0 Å². The normalized spacial score (nSPS) is 27.3. The fourth-order valence-corrected chi connectivity index (χ4v) is 3.01. The zero-order valence-corrected chi connectivity index (χ0v) is 8.26. The number of sulfone groups is 1. The summed E-state index contributed by atoms with van der Waals surface area (Å²) in [6.45, 7) is 1.88. The maximum atomic E-state index is 11.1. The molecule has 0 saturated carbocycles. The minimum Gasteiger partial charge on any atom is -0.314 e. The smallest absolute Gasteiger partial charge is 0.150 e. The largest absolute Gasteiger partial charge is 0.314 e. The van der Waals surface area contributed by atoms with E-state index in [1.54, 1.807) is 7.05 Å². The molecule has 1 heterocycles. The lowest BCUT2D eigenvalue weighted by molar-refractivity contribution is -0.149. The lowest BCUT2D eigenvalue weighted by Gasteiger charge is -2.37. The van der Waals surface area contributed by atoms with E-state index in [0.29, 0.717) is 12.8 Å². The van der Waals surface area contributed by atoms with E-state index >= 15 is 0 Å². The van der Waals surface area contributed by atoms with Gasteiger partial charge in [0.1, 0.15) is 9.84 Å². The summed E-state index contributed by atoms with van der Waals surface area (Å²) in [4.78, 5) is 0. The van der Waals surface area contributed by atoms with Crippen LogP contribution in [0.4, 0.5) is 0 Å². The summed E-state index contributed by atoms with van der Waals surface area (Å²) in [5, 5.41) is 10.4. The van der Waals surface area contributed by atoms with E-state index in [0.717, 1.165) is 5.06 Å². The first kappa shape index (κ1) is 9.95. The van der Waals surface area contributed by atoms with Gasteiger partial charge in [0.15, 0.2) is 0 Å². The Balaban J connectivity index is 2.68. The zero-order valence-electron chi connectivity index (χ0n) is 7.45. The van der Waals surface area contributed by atoms with Crippen LogP contribution in [0, 0.1) is 0 Å². The van der Waals surface area contributed by atoms with E-state index in [2.05, 4.69) is 0 Å². The number of hydrogen-bond acceptors (Lipinski definition) is 4. The SMILES string of the molecule is CN(O)C1(C)CCS(=O)(=O)CC1. The van der Waals surface area contributed by atoms with Crippen LogP contribution in [-0.4, -0.2) is 42.8 Å². The van der Waals surface area contributed by atoms with Crippen molar-refractivity contribution in [2.45, 2.75) is 25.3 Å². The van der Waals surface area contributed by atoms with Crippen molar-refractivity contribution in [3.05, 3.63) is 0 Å². The van der Waals surface area contributed by atoms with E-state index in [4.69, 9.17) is 0 Å². The van der Waals surface area contributed by atoms with Crippen LogP contribution >= 0.6 is 0 Å². The molecule has 72 valence electrons. The summed E-state index contributed by atoms with van der Waals surface area (Å²) in [7, 11) is -1.26. The monoisotopic (exact) mass is 193 g/mol. The van der Waals surface area contributed by atoms with E-state index in [-0.39, 0.29) is 17.0 Å². The van der Waals surface area contributed by atoms with Crippen molar-refractivity contribution in [2.75, 3.05) is 18.6 Å². The van der Waals surface area contributed by atoms with Gasteiger partial charge in [0.25, 0.3) is 0 Å². The topological polar surface area (TPSA) is 57.6 Å². The summed E-state index contributed by atoms with van der Waals surface area (Å²) in [6, 6.07) is 0. The van der Waals surface area contributed by atoms with E-state index < -0.39 is 9.84 Å². The van der Waals surface area contributed by atoms with E-state index in [1.165, 1.54) is 0 Å². The highest BCUT2D eigenvalue weighted by Crippen LogP contribution is 2.27. The third kappa shape index (κ3) is 1.97.